The van der Waals surface area contributed by atoms with E-state index < -0.39 is 0 Å². The van der Waals surface area contributed by atoms with Crippen LogP contribution in [0.5, 0.6) is 0 Å². The molecular weight excluding hydrogens is 371 g/mol. The van der Waals surface area contributed by atoms with Gasteiger partial charge in [0.05, 0.1) is 6.04 Å². The lowest BCUT2D eigenvalue weighted by atomic mass is 9.94. The fourth-order valence-electron chi connectivity index (χ4n) is 2.67. The Bertz CT molecular complexity index is 732. The molecule has 106 valence electrons. The van der Waals surface area contributed by atoms with Gasteiger partial charge in [0.15, 0.2) is 0 Å². The summed E-state index contributed by atoms with van der Waals surface area (Å²) < 4.78 is 1.26. The van der Waals surface area contributed by atoms with Crippen LogP contribution in [0.4, 0.5) is 0 Å². The average molecular weight is 388 g/mol. The molecule has 21 heavy (non-hydrogen) atoms. The molecular formula is C18H17IN2. The molecule has 2 nitrogen and oxygen atoms in total. The standard InChI is InChI=1S/C18H17IN2/c1-2-21-18(13-6-8-15(19)9-7-13)17-5-3-4-14-12-20-11-10-16(14)17/h3-12,18,21H,2H2,1H3. The van der Waals surface area contributed by atoms with Gasteiger partial charge in [-0.2, -0.15) is 0 Å². The van der Waals surface area contributed by atoms with E-state index in [2.05, 4.69) is 88.3 Å². The Morgan fingerprint density at radius 2 is 1.90 bits per heavy atom. The number of hydrogen-bond donors (Lipinski definition) is 1. The van der Waals surface area contributed by atoms with E-state index in [1.807, 2.05) is 12.4 Å². The van der Waals surface area contributed by atoms with Crippen molar-refractivity contribution in [2.45, 2.75) is 13.0 Å². The molecule has 0 saturated heterocycles. The molecule has 3 aromatic rings. The highest BCUT2D eigenvalue weighted by Crippen LogP contribution is 2.28. The predicted octanol–water partition coefficient (Wildman–Crippen LogP) is 4.54. The lowest BCUT2D eigenvalue weighted by Crippen LogP contribution is -2.22. The summed E-state index contributed by atoms with van der Waals surface area (Å²) in [5.41, 5.74) is 2.60. The Morgan fingerprint density at radius 1 is 1.10 bits per heavy atom. The maximum atomic E-state index is 4.22. The molecule has 0 amide bonds. The fourth-order valence-corrected chi connectivity index (χ4v) is 3.03. The van der Waals surface area contributed by atoms with Gasteiger partial charge in [0.25, 0.3) is 0 Å². The third-order valence-electron chi connectivity index (χ3n) is 3.64. The van der Waals surface area contributed by atoms with Crippen LogP contribution in [0, 0.1) is 3.57 Å². The van der Waals surface area contributed by atoms with Gasteiger partial charge in [-0.3, -0.25) is 4.98 Å². The normalized spacial score (nSPS) is 12.5. The Kier molecular flexibility index (Phi) is 4.51. The quantitative estimate of drug-likeness (QED) is 0.664. The van der Waals surface area contributed by atoms with Gasteiger partial charge in [0, 0.05) is 21.4 Å². The lowest BCUT2D eigenvalue weighted by Gasteiger charge is -2.21. The number of benzene rings is 2. The summed E-state index contributed by atoms with van der Waals surface area (Å²) in [7, 11) is 0. The van der Waals surface area contributed by atoms with Gasteiger partial charge in [0.1, 0.15) is 0 Å². The highest BCUT2D eigenvalue weighted by molar-refractivity contribution is 14.1. The molecule has 1 heterocycles. The van der Waals surface area contributed by atoms with Crippen molar-refractivity contribution >= 4 is 33.4 Å². The van der Waals surface area contributed by atoms with Gasteiger partial charge in [-0.25, -0.2) is 0 Å². The Morgan fingerprint density at radius 3 is 2.67 bits per heavy atom. The molecule has 0 aliphatic rings. The Labute approximate surface area is 138 Å². The van der Waals surface area contributed by atoms with Crippen molar-refractivity contribution in [3.05, 3.63) is 75.6 Å². The third kappa shape index (κ3) is 3.09. The number of nitrogens with zero attached hydrogens (tertiary/aromatic N) is 1. The first kappa shape index (κ1) is 14.5. The topological polar surface area (TPSA) is 24.9 Å². The first-order valence-corrected chi connectivity index (χ1v) is 8.19. The minimum Gasteiger partial charge on any atom is -0.307 e. The second-order valence-corrected chi connectivity index (χ2v) is 6.23. The van der Waals surface area contributed by atoms with Gasteiger partial charge in [-0.1, -0.05) is 37.3 Å². The zero-order valence-corrected chi connectivity index (χ0v) is 14.0. The molecule has 1 N–H and O–H groups in total. The van der Waals surface area contributed by atoms with Crippen LogP contribution in [0.3, 0.4) is 0 Å². The highest BCUT2D eigenvalue weighted by atomic mass is 127. The minimum absolute atomic E-state index is 0.207. The molecule has 0 saturated carbocycles. The number of pyridine rings is 1. The van der Waals surface area contributed by atoms with Crippen LogP contribution in [0.2, 0.25) is 0 Å². The van der Waals surface area contributed by atoms with Gasteiger partial charge < -0.3 is 5.32 Å². The van der Waals surface area contributed by atoms with E-state index >= 15 is 0 Å². The summed E-state index contributed by atoms with van der Waals surface area (Å²) in [5, 5.41) is 6.05. The van der Waals surface area contributed by atoms with E-state index in [1.165, 1.54) is 25.5 Å². The summed E-state index contributed by atoms with van der Waals surface area (Å²) in [6.45, 7) is 3.07. The maximum Gasteiger partial charge on any atom is 0.0582 e. The molecule has 1 atom stereocenters. The van der Waals surface area contributed by atoms with Gasteiger partial charge in [-0.05, 0) is 63.8 Å². The molecule has 0 fully saturated rings. The number of fused-ring (bicyclic) bond motifs is 1. The van der Waals surface area contributed by atoms with Crippen LogP contribution in [0.15, 0.2) is 60.9 Å². The summed E-state index contributed by atoms with van der Waals surface area (Å²) in [6.07, 6.45) is 3.79. The SMILES string of the molecule is CCNC(c1ccc(I)cc1)c1cccc2cnccc12. The number of halogens is 1. The average Bonchev–Trinajstić information content (AvgIpc) is 2.53. The molecule has 0 aliphatic heterocycles. The number of aromatic nitrogens is 1. The third-order valence-corrected chi connectivity index (χ3v) is 4.36. The minimum atomic E-state index is 0.207. The summed E-state index contributed by atoms with van der Waals surface area (Å²) in [4.78, 5) is 4.22. The summed E-state index contributed by atoms with van der Waals surface area (Å²) >= 11 is 2.34. The van der Waals surface area contributed by atoms with E-state index in [-0.39, 0.29) is 6.04 Å². The maximum absolute atomic E-state index is 4.22. The molecule has 1 aromatic heterocycles. The van der Waals surface area contributed by atoms with Crippen LogP contribution < -0.4 is 5.32 Å². The van der Waals surface area contributed by atoms with E-state index in [1.54, 1.807) is 0 Å². The van der Waals surface area contributed by atoms with Crippen LogP contribution >= 0.6 is 22.6 Å². The molecule has 3 heteroatoms. The molecule has 0 bridgehead atoms. The van der Waals surface area contributed by atoms with Crippen molar-refractivity contribution in [3.8, 4) is 0 Å². The molecule has 0 radical (unpaired) electrons. The molecule has 0 aliphatic carbocycles. The second kappa shape index (κ2) is 6.54. The largest absolute Gasteiger partial charge is 0.307 e. The van der Waals surface area contributed by atoms with Crippen molar-refractivity contribution in [3.63, 3.8) is 0 Å². The summed E-state index contributed by atoms with van der Waals surface area (Å²) in [6, 6.07) is 17.5. The van der Waals surface area contributed by atoms with Crippen molar-refractivity contribution < 1.29 is 0 Å². The van der Waals surface area contributed by atoms with Crippen molar-refractivity contribution in [2.24, 2.45) is 0 Å². The predicted molar refractivity (Wildman–Crippen MR) is 96.4 cm³/mol. The van der Waals surface area contributed by atoms with Gasteiger partial charge >= 0.3 is 0 Å². The van der Waals surface area contributed by atoms with E-state index in [4.69, 9.17) is 0 Å². The fraction of sp³-hybridized carbons (Fsp3) is 0.167. The van der Waals surface area contributed by atoms with Crippen molar-refractivity contribution in [1.82, 2.24) is 10.3 Å². The molecule has 0 spiro atoms. The molecule has 2 aromatic carbocycles. The van der Waals surface area contributed by atoms with E-state index in [0.717, 1.165) is 6.54 Å². The lowest BCUT2D eigenvalue weighted by molar-refractivity contribution is 0.634. The Balaban J connectivity index is 2.13. The molecule has 3 rings (SSSR count). The first-order chi connectivity index (χ1) is 10.3. The monoisotopic (exact) mass is 388 g/mol. The van der Waals surface area contributed by atoms with Crippen LogP contribution in [0.1, 0.15) is 24.1 Å². The number of hydrogen-bond acceptors (Lipinski definition) is 2. The number of nitrogens with one attached hydrogen (secondary N) is 1. The van der Waals surface area contributed by atoms with Crippen LogP contribution in [0.25, 0.3) is 10.8 Å². The zero-order valence-electron chi connectivity index (χ0n) is 11.9. The van der Waals surface area contributed by atoms with Crippen molar-refractivity contribution in [2.75, 3.05) is 6.54 Å². The molecule has 1 unspecified atom stereocenters. The zero-order chi connectivity index (χ0) is 14.7. The Hall–Kier alpha value is -1.46. The van der Waals surface area contributed by atoms with Gasteiger partial charge in [-0.15, -0.1) is 0 Å². The van der Waals surface area contributed by atoms with Crippen LogP contribution in [-0.4, -0.2) is 11.5 Å². The van der Waals surface area contributed by atoms with E-state index in [9.17, 15) is 0 Å². The van der Waals surface area contributed by atoms with Crippen LogP contribution in [-0.2, 0) is 0 Å². The summed E-state index contributed by atoms with van der Waals surface area (Å²) in [5.74, 6) is 0. The smallest absolute Gasteiger partial charge is 0.0582 e. The highest BCUT2D eigenvalue weighted by Gasteiger charge is 2.15. The second-order valence-electron chi connectivity index (χ2n) is 4.99. The van der Waals surface area contributed by atoms with Crippen molar-refractivity contribution in [1.29, 1.82) is 0 Å². The van der Waals surface area contributed by atoms with E-state index in [0.29, 0.717) is 0 Å². The van der Waals surface area contributed by atoms with Gasteiger partial charge in [0.2, 0.25) is 0 Å². The number of rotatable bonds is 4. The first-order valence-electron chi connectivity index (χ1n) is 7.11.